The Labute approximate surface area is 179 Å². The van der Waals surface area contributed by atoms with Crippen LogP contribution in [0.4, 0.5) is 6.01 Å². The van der Waals surface area contributed by atoms with Gasteiger partial charge in [0.1, 0.15) is 5.52 Å². The average molecular weight is 414 g/mol. The molecule has 0 radical (unpaired) electrons. The Morgan fingerprint density at radius 3 is 2.74 bits per heavy atom. The molecule has 8 nitrogen and oxygen atoms in total. The summed E-state index contributed by atoms with van der Waals surface area (Å²) in [6.45, 7) is 1.47. The fourth-order valence-corrected chi connectivity index (χ4v) is 4.74. The number of piperidine rings is 1. The molecule has 0 spiro atoms. The van der Waals surface area contributed by atoms with Gasteiger partial charge in [-0.1, -0.05) is 24.3 Å². The Hall–Kier alpha value is -3.68. The molecule has 2 aliphatic rings. The highest BCUT2D eigenvalue weighted by Gasteiger charge is 2.54. The van der Waals surface area contributed by atoms with Gasteiger partial charge in [0.05, 0.1) is 29.7 Å². The van der Waals surface area contributed by atoms with Crippen LogP contribution in [0.1, 0.15) is 16.8 Å². The fraction of sp³-hybridized carbons (Fsp3) is 0.304. The number of likely N-dealkylation sites (N-methyl/N-ethyl adjacent to an activating group) is 1. The third kappa shape index (κ3) is 3.06. The first-order chi connectivity index (χ1) is 15.2. The number of aromatic nitrogens is 4. The summed E-state index contributed by atoms with van der Waals surface area (Å²) in [6.07, 6.45) is 4.41. The number of para-hydroxylation sites is 3. The van der Waals surface area contributed by atoms with E-state index in [-0.39, 0.29) is 11.9 Å². The number of likely N-dealkylation sites (tertiary alicyclic amines) is 1. The Balaban J connectivity index is 1.27. The first-order valence-electron chi connectivity index (χ1n) is 10.5. The molecule has 4 aromatic rings. The van der Waals surface area contributed by atoms with Gasteiger partial charge in [0, 0.05) is 20.1 Å². The average Bonchev–Trinajstić information content (AvgIpc) is 3.19. The van der Waals surface area contributed by atoms with Gasteiger partial charge in [-0.25, -0.2) is 0 Å². The summed E-state index contributed by atoms with van der Waals surface area (Å²) in [5.74, 6) is 1.14. The minimum absolute atomic E-state index is 0.0241. The van der Waals surface area contributed by atoms with Crippen molar-refractivity contribution < 1.29 is 9.21 Å². The number of fused-ring (bicyclic) bond motifs is 2. The SMILES string of the molecule is CN(C[C@@H]1[C@@H]2C[C@@H]2CN1C(=O)c1ccccc1-n1nccn1)c1nc2ccccc2o1. The van der Waals surface area contributed by atoms with Gasteiger partial charge in [0.15, 0.2) is 5.58 Å². The first-order valence-corrected chi connectivity index (χ1v) is 10.5. The third-order valence-electron chi connectivity index (χ3n) is 6.40. The molecule has 2 aromatic carbocycles. The molecule has 0 N–H and O–H groups in total. The lowest BCUT2D eigenvalue weighted by Gasteiger charge is -2.31. The normalized spacial score (nSPS) is 22.0. The van der Waals surface area contributed by atoms with E-state index in [1.165, 1.54) is 11.2 Å². The molecule has 31 heavy (non-hydrogen) atoms. The van der Waals surface area contributed by atoms with Gasteiger partial charge < -0.3 is 14.2 Å². The summed E-state index contributed by atoms with van der Waals surface area (Å²) in [6, 6.07) is 16.0. The predicted molar refractivity (Wildman–Crippen MR) is 115 cm³/mol. The number of oxazole rings is 1. The number of carbonyl (C=O) groups is 1. The second-order valence-corrected chi connectivity index (χ2v) is 8.36. The van der Waals surface area contributed by atoms with Crippen LogP contribution in [-0.2, 0) is 0 Å². The molecule has 1 saturated carbocycles. The number of carbonyl (C=O) groups excluding carboxylic acids is 1. The molecule has 3 atom stereocenters. The molecule has 8 heteroatoms. The lowest BCUT2D eigenvalue weighted by molar-refractivity contribution is 0.0710. The Morgan fingerprint density at radius 2 is 1.90 bits per heavy atom. The summed E-state index contributed by atoms with van der Waals surface area (Å²) in [5, 5.41) is 8.43. The van der Waals surface area contributed by atoms with Crippen LogP contribution in [0.3, 0.4) is 0 Å². The predicted octanol–water partition coefficient (Wildman–Crippen LogP) is 3.01. The topological polar surface area (TPSA) is 80.3 Å². The van der Waals surface area contributed by atoms with Crippen molar-refractivity contribution in [1.82, 2.24) is 24.9 Å². The van der Waals surface area contributed by atoms with Crippen LogP contribution < -0.4 is 4.90 Å². The monoisotopic (exact) mass is 414 g/mol. The van der Waals surface area contributed by atoms with Crippen LogP contribution in [0.5, 0.6) is 0 Å². The van der Waals surface area contributed by atoms with Gasteiger partial charge in [0.2, 0.25) is 0 Å². The van der Waals surface area contributed by atoms with Gasteiger partial charge in [-0.3, -0.25) is 4.79 Å². The van der Waals surface area contributed by atoms with Crippen molar-refractivity contribution in [3.8, 4) is 5.69 Å². The lowest BCUT2D eigenvalue weighted by Crippen LogP contribution is -2.45. The van der Waals surface area contributed by atoms with E-state index in [4.69, 9.17) is 4.42 Å². The largest absolute Gasteiger partial charge is 0.423 e. The number of hydrogen-bond acceptors (Lipinski definition) is 6. The maximum Gasteiger partial charge on any atom is 0.298 e. The number of anilines is 1. The summed E-state index contributed by atoms with van der Waals surface area (Å²) < 4.78 is 5.93. The number of amides is 1. The van der Waals surface area contributed by atoms with Gasteiger partial charge in [-0.15, -0.1) is 0 Å². The molecular formula is C23H22N6O2. The maximum atomic E-state index is 13.6. The summed E-state index contributed by atoms with van der Waals surface area (Å²) in [5.41, 5.74) is 2.93. The Morgan fingerprint density at radius 1 is 1.13 bits per heavy atom. The van der Waals surface area contributed by atoms with E-state index < -0.39 is 0 Å². The molecule has 1 aliphatic heterocycles. The molecule has 2 aromatic heterocycles. The van der Waals surface area contributed by atoms with Gasteiger partial charge >= 0.3 is 0 Å². The second kappa shape index (κ2) is 6.94. The molecule has 0 bridgehead atoms. The van der Waals surface area contributed by atoms with E-state index in [9.17, 15) is 4.79 Å². The highest BCUT2D eigenvalue weighted by atomic mass is 16.4. The third-order valence-corrected chi connectivity index (χ3v) is 6.40. The van der Waals surface area contributed by atoms with Crippen molar-refractivity contribution in [2.75, 3.05) is 25.0 Å². The van der Waals surface area contributed by atoms with Crippen molar-refractivity contribution >= 4 is 23.0 Å². The molecule has 1 aliphatic carbocycles. The van der Waals surface area contributed by atoms with Crippen molar-refractivity contribution in [3.05, 3.63) is 66.5 Å². The summed E-state index contributed by atoms with van der Waals surface area (Å²) >= 11 is 0. The second-order valence-electron chi connectivity index (χ2n) is 8.36. The minimum atomic E-state index is 0.0241. The first kappa shape index (κ1) is 18.1. The zero-order valence-corrected chi connectivity index (χ0v) is 17.1. The van der Waals surface area contributed by atoms with Gasteiger partial charge in [-0.2, -0.15) is 20.0 Å². The van der Waals surface area contributed by atoms with Crippen LogP contribution in [0, 0.1) is 11.8 Å². The molecule has 0 unspecified atom stereocenters. The van der Waals surface area contributed by atoms with E-state index >= 15 is 0 Å². The number of rotatable bonds is 5. The molecule has 156 valence electrons. The van der Waals surface area contributed by atoms with Crippen LogP contribution in [-0.4, -0.2) is 57.0 Å². The quantitative estimate of drug-likeness (QED) is 0.499. The van der Waals surface area contributed by atoms with Gasteiger partial charge in [-0.05, 0) is 42.5 Å². The molecule has 1 saturated heterocycles. The van der Waals surface area contributed by atoms with E-state index in [1.807, 2.05) is 65.4 Å². The van der Waals surface area contributed by atoms with Gasteiger partial charge in [0.25, 0.3) is 11.9 Å². The Kier molecular flexibility index (Phi) is 4.05. The maximum absolute atomic E-state index is 13.6. The molecule has 6 rings (SSSR count). The van der Waals surface area contributed by atoms with Crippen LogP contribution in [0.2, 0.25) is 0 Å². The van der Waals surface area contributed by atoms with Crippen LogP contribution >= 0.6 is 0 Å². The molecule has 3 heterocycles. The standard InChI is InChI=1S/C23H22N6O2/c1-27(23-26-18-7-3-5-9-21(18)31-23)14-20-17-12-15(17)13-28(20)22(30)16-6-2-4-8-19(16)29-24-10-11-25-29/h2-11,15,17,20H,12-14H2,1H3/t15-,17-,20-/m1/s1. The van der Waals surface area contributed by atoms with Crippen LogP contribution in [0.25, 0.3) is 16.8 Å². The van der Waals surface area contributed by atoms with Crippen molar-refractivity contribution in [3.63, 3.8) is 0 Å². The number of benzene rings is 2. The van der Waals surface area contributed by atoms with Crippen molar-refractivity contribution in [2.45, 2.75) is 12.5 Å². The highest BCUT2D eigenvalue weighted by Crippen LogP contribution is 2.50. The molecule has 2 fully saturated rings. The van der Waals surface area contributed by atoms with E-state index in [1.54, 1.807) is 12.4 Å². The minimum Gasteiger partial charge on any atom is -0.423 e. The van der Waals surface area contributed by atoms with E-state index in [2.05, 4.69) is 15.2 Å². The van der Waals surface area contributed by atoms with Crippen LogP contribution in [0.15, 0.2) is 65.3 Å². The van der Waals surface area contributed by atoms with E-state index in [0.29, 0.717) is 35.6 Å². The zero-order valence-electron chi connectivity index (χ0n) is 17.1. The Bertz CT molecular complexity index is 1220. The van der Waals surface area contributed by atoms with Crippen molar-refractivity contribution in [2.24, 2.45) is 11.8 Å². The zero-order chi connectivity index (χ0) is 20.9. The molecular weight excluding hydrogens is 392 g/mol. The number of nitrogens with zero attached hydrogens (tertiary/aromatic N) is 6. The highest BCUT2D eigenvalue weighted by molar-refractivity contribution is 5.98. The molecule has 1 amide bonds. The summed E-state index contributed by atoms with van der Waals surface area (Å²) in [7, 11) is 1.98. The summed E-state index contributed by atoms with van der Waals surface area (Å²) in [4.78, 5) is 23.7. The van der Waals surface area contributed by atoms with E-state index in [0.717, 1.165) is 17.6 Å². The van der Waals surface area contributed by atoms with Crippen molar-refractivity contribution in [1.29, 1.82) is 0 Å². The number of hydrogen-bond donors (Lipinski definition) is 0. The smallest absolute Gasteiger partial charge is 0.298 e. The fourth-order valence-electron chi connectivity index (χ4n) is 4.74. The lowest BCUT2D eigenvalue weighted by atomic mass is 10.1.